The summed E-state index contributed by atoms with van der Waals surface area (Å²) in [6, 6.07) is 18.9. The fourth-order valence-corrected chi connectivity index (χ4v) is 4.51. The van der Waals surface area contributed by atoms with Crippen LogP contribution in [0, 0.1) is 0 Å². The van der Waals surface area contributed by atoms with Crippen molar-refractivity contribution in [2.75, 3.05) is 10.2 Å². The van der Waals surface area contributed by atoms with E-state index in [0.717, 1.165) is 24.0 Å². The Bertz CT molecular complexity index is 1200. The summed E-state index contributed by atoms with van der Waals surface area (Å²) in [6.07, 6.45) is 6.87. The van der Waals surface area contributed by atoms with E-state index in [0.29, 0.717) is 21.4 Å². The molecule has 0 saturated heterocycles. The number of amides is 2. The second-order valence-electron chi connectivity index (χ2n) is 8.20. The van der Waals surface area contributed by atoms with Gasteiger partial charge in [0.05, 0.1) is 12.1 Å². The Hall–Kier alpha value is -3.28. The highest BCUT2D eigenvalue weighted by atomic mass is 35.5. The summed E-state index contributed by atoms with van der Waals surface area (Å²) < 4.78 is 0. The molecule has 1 aliphatic carbocycles. The molecule has 2 amide bonds. The number of carbonyl (C=O) groups excluding carboxylic acids is 1. The number of carboxylic acids is 1. The van der Waals surface area contributed by atoms with Gasteiger partial charge in [0.15, 0.2) is 0 Å². The minimum absolute atomic E-state index is 0.193. The average Bonchev–Trinajstić information content (AvgIpc) is 2.83. The van der Waals surface area contributed by atoms with Gasteiger partial charge in [-0.05, 0) is 84.8 Å². The molecule has 0 radical (unpaired) electrons. The average molecular weight is 495 g/mol. The van der Waals surface area contributed by atoms with E-state index in [1.165, 1.54) is 30.5 Å². The van der Waals surface area contributed by atoms with Crippen molar-refractivity contribution in [1.29, 1.82) is 0 Å². The highest BCUT2D eigenvalue weighted by Gasteiger charge is 2.18. The lowest BCUT2D eigenvalue weighted by atomic mass is 9.93. The van der Waals surface area contributed by atoms with E-state index >= 15 is 0 Å². The molecule has 2 N–H and O–H groups in total. The Morgan fingerprint density at radius 1 is 0.912 bits per heavy atom. The number of urea groups is 1. The third-order valence-electron chi connectivity index (χ3n) is 5.74. The molecule has 3 aromatic rings. The molecule has 5 nitrogen and oxygen atoms in total. The van der Waals surface area contributed by atoms with Crippen molar-refractivity contribution in [2.45, 2.75) is 32.2 Å². The lowest BCUT2D eigenvalue weighted by Gasteiger charge is -2.24. The van der Waals surface area contributed by atoms with Gasteiger partial charge in [-0.3, -0.25) is 4.90 Å². The number of allylic oxidation sites excluding steroid dienone is 2. The number of aromatic carboxylic acids is 1. The van der Waals surface area contributed by atoms with Crippen LogP contribution in [0.25, 0.3) is 5.57 Å². The largest absolute Gasteiger partial charge is 0.478 e. The maximum Gasteiger partial charge on any atom is 0.335 e. The fraction of sp³-hybridized carbons (Fsp3) is 0.185. The quantitative estimate of drug-likeness (QED) is 0.365. The summed E-state index contributed by atoms with van der Waals surface area (Å²) in [7, 11) is 0. The first-order valence-corrected chi connectivity index (χ1v) is 11.8. The van der Waals surface area contributed by atoms with Crippen LogP contribution in [-0.2, 0) is 6.54 Å². The minimum atomic E-state index is -0.994. The maximum atomic E-state index is 13.3. The molecule has 174 valence electrons. The Kier molecular flexibility index (Phi) is 7.56. The number of nitrogens with zero attached hydrogens (tertiary/aromatic N) is 1. The van der Waals surface area contributed by atoms with Gasteiger partial charge in [0, 0.05) is 21.4 Å². The summed E-state index contributed by atoms with van der Waals surface area (Å²) in [4.78, 5) is 26.1. The lowest BCUT2D eigenvalue weighted by molar-refractivity contribution is 0.0697. The molecule has 0 aromatic heterocycles. The smallest absolute Gasteiger partial charge is 0.335 e. The topological polar surface area (TPSA) is 69.6 Å². The molecule has 34 heavy (non-hydrogen) atoms. The molecule has 3 aromatic carbocycles. The SMILES string of the molecule is O=C(O)c1ccc(CN(C(=O)Nc2cc(Cl)cc(Cl)c2)c2ccc(C3=CCCCC3)cc2)cc1. The third-order valence-corrected chi connectivity index (χ3v) is 6.18. The van der Waals surface area contributed by atoms with Crippen LogP contribution in [0.4, 0.5) is 16.2 Å². The molecule has 0 heterocycles. The zero-order valence-electron chi connectivity index (χ0n) is 18.4. The summed E-state index contributed by atoms with van der Waals surface area (Å²) >= 11 is 12.2. The molecule has 0 spiro atoms. The van der Waals surface area contributed by atoms with E-state index in [1.54, 1.807) is 35.2 Å². The standard InChI is InChI=1S/C27H24Cl2N2O3/c28-22-14-23(29)16-24(15-22)30-27(34)31(17-18-6-8-21(9-7-18)26(32)33)25-12-10-20(11-13-25)19-4-2-1-3-5-19/h4,6-16H,1-3,5,17H2,(H,30,34)(H,32,33). The Morgan fingerprint density at radius 2 is 1.59 bits per heavy atom. The summed E-state index contributed by atoms with van der Waals surface area (Å²) in [5.74, 6) is -0.994. The van der Waals surface area contributed by atoms with E-state index in [9.17, 15) is 9.59 Å². The number of carboxylic acid groups (broad SMARTS) is 1. The van der Waals surface area contributed by atoms with Crippen LogP contribution in [-0.4, -0.2) is 17.1 Å². The van der Waals surface area contributed by atoms with Crippen LogP contribution >= 0.6 is 23.2 Å². The van der Waals surface area contributed by atoms with Gasteiger partial charge in [0.1, 0.15) is 0 Å². The highest BCUT2D eigenvalue weighted by molar-refractivity contribution is 6.35. The van der Waals surface area contributed by atoms with Crippen LogP contribution in [0.1, 0.15) is 47.2 Å². The van der Waals surface area contributed by atoms with E-state index in [4.69, 9.17) is 28.3 Å². The molecule has 0 fully saturated rings. The predicted octanol–water partition coefficient (Wildman–Crippen LogP) is 7.89. The van der Waals surface area contributed by atoms with Crippen LogP contribution < -0.4 is 10.2 Å². The number of anilines is 2. The van der Waals surface area contributed by atoms with Crippen LogP contribution in [0.3, 0.4) is 0 Å². The van der Waals surface area contributed by atoms with Crippen molar-refractivity contribution in [2.24, 2.45) is 0 Å². The summed E-state index contributed by atoms with van der Waals surface area (Å²) in [5.41, 5.74) is 4.69. The number of hydrogen-bond donors (Lipinski definition) is 2. The normalized spacial score (nSPS) is 13.2. The van der Waals surface area contributed by atoms with Crippen molar-refractivity contribution in [3.8, 4) is 0 Å². The Morgan fingerprint density at radius 3 is 2.18 bits per heavy atom. The van der Waals surface area contributed by atoms with Gasteiger partial charge in [-0.25, -0.2) is 9.59 Å². The molecule has 0 atom stereocenters. The molecule has 0 unspecified atom stereocenters. The predicted molar refractivity (Wildman–Crippen MR) is 138 cm³/mol. The molecule has 7 heteroatoms. The van der Waals surface area contributed by atoms with Gasteiger partial charge < -0.3 is 10.4 Å². The number of benzene rings is 3. The third kappa shape index (κ3) is 5.99. The van der Waals surface area contributed by atoms with Gasteiger partial charge in [-0.1, -0.05) is 53.5 Å². The minimum Gasteiger partial charge on any atom is -0.478 e. The van der Waals surface area contributed by atoms with Crippen LogP contribution in [0.2, 0.25) is 10.0 Å². The van der Waals surface area contributed by atoms with Gasteiger partial charge in [0.2, 0.25) is 0 Å². The Labute approximate surface area is 208 Å². The maximum absolute atomic E-state index is 13.3. The van der Waals surface area contributed by atoms with E-state index in [-0.39, 0.29) is 18.1 Å². The second-order valence-corrected chi connectivity index (χ2v) is 9.07. The molecule has 0 bridgehead atoms. The summed E-state index contributed by atoms with van der Waals surface area (Å²) in [6.45, 7) is 0.252. The molecule has 4 rings (SSSR count). The molecule has 1 aliphatic rings. The summed E-state index contributed by atoms with van der Waals surface area (Å²) in [5, 5.41) is 12.9. The second kappa shape index (κ2) is 10.8. The first-order chi connectivity index (χ1) is 16.4. The van der Waals surface area contributed by atoms with Crippen molar-refractivity contribution >= 4 is 52.2 Å². The van der Waals surface area contributed by atoms with Crippen LogP contribution in [0.5, 0.6) is 0 Å². The number of carbonyl (C=O) groups is 2. The van der Waals surface area contributed by atoms with Crippen molar-refractivity contribution in [3.05, 3.63) is 99.5 Å². The molecule has 0 aliphatic heterocycles. The van der Waals surface area contributed by atoms with Gasteiger partial charge in [-0.2, -0.15) is 0 Å². The highest BCUT2D eigenvalue weighted by Crippen LogP contribution is 2.29. The van der Waals surface area contributed by atoms with Crippen molar-refractivity contribution in [3.63, 3.8) is 0 Å². The van der Waals surface area contributed by atoms with Gasteiger partial charge >= 0.3 is 12.0 Å². The zero-order chi connectivity index (χ0) is 24.1. The lowest BCUT2D eigenvalue weighted by Crippen LogP contribution is -2.34. The molecular weight excluding hydrogens is 471 g/mol. The molecular formula is C27H24Cl2N2O3. The zero-order valence-corrected chi connectivity index (χ0v) is 19.9. The number of halogens is 2. The fourth-order valence-electron chi connectivity index (χ4n) is 3.99. The number of hydrogen-bond acceptors (Lipinski definition) is 2. The van der Waals surface area contributed by atoms with E-state index in [2.05, 4.69) is 11.4 Å². The van der Waals surface area contributed by atoms with E-state index in [1.807, 2.05) is 24.3 Å². The first-order valence-electron chi connectivity index (χ1n) is 11.1. The number of nitrogens with one attached hydrogen (secondary N) is 1. The molecule has 0 saturated carbocycles. The van der Waals surface area contributed by atoms with E-state index < -0.39 is 5.97 Å². The monoisotopic (exact) mass is 494 g/mol. The first kappa shape index (κ1) is 23.9. The van der Waals surface area contributed by atoms with Gasteiger partial charge in [0.25, 0.3) is 0 Å². The van der Waals surface area contributed by atoms with Crippen LogP contribution in [0.15, 0.2) is 72.8 Å². The van der Waals surface area contributed by atoms with Crippen molar-refractivity contribution in [1.82, 2.24) is 0 Å². The number of rotatable bonds is 6. The van der Waals surface area contributed by atoms with Gasteiger partial charge in [-0.15, -0.1) is 0 Å². The Balaban J connectivity index is 1.61. The van der Waals surface area contributed by atoms with Crippen molar-refractivity contribution < 1.29 is 14.7 Å².